The standard InChI is InChI=1S/C7H14O2S/c1-7(2)8-5-6(9-7)3-4-10/h6,10H,3-5H2,1-2H3. The van der Waals surface area contributed by atoms with Crippen LogP contribution in [-0.2, 0) is 9.47 Å². The summed E-state index contributed by atoms with van der Waals surface area (Å²) >= 11 is 4.12. The van der Waals surface area contributed by atoms with Crippen molar-refractivity contribution < 1.29 is 9.47 Å². The van der Waals surface area contributed by atoms with Crippen LogP contribution in [0.3, 0.4) is 0 Å². The van der Waals surface area contributed by atoms with Crippen LogP contribution in [0.4, 0.5) is 0 Å². The topological polar surface area (TPSA) is 18.5 Å². The maximum Gasteiger partial charge on any atom is 0.163 e. The van der Waals surface area contributed by atoms with Crippen molar-refractivity contribution in [2.45, 2.75) is 32.2 Å². The van der Waals surface area contributed by atoms with Gasteiger partial charge in [0, 0.05) is 0 Å². The summed E-state index contributed by atoms with van der Waals surface area (Å²) in [6.07, 6.45) is 1.24. The highest BCUT2D eigenvalue weighted by atomic mass is 32.1. The van der Waals surface area contributed by atoms with Crippen LogP contribution in [0.2, 0.25) is 0 Å². The zero-order valence-electron chi connectivity index (χ0n) is 6.46. The highest BCUT2D eigenvalue weighted by Gasteiger charge is 2.31. The third-order valence-electron chi connectivity index (χ3n) is 1.52. The molecule has 1 aliphatic rings. The molecule has 2 nitrogen and oxygen atoms in total. The van der Waals surface area contributed by atoms with Gasteiger partial charge < -0.3 is 9.47 Å². The summed E-state index contributed by atoms with van der Waals surface area (Å²) in [5, 5.41) is 0. The minimum atomic E-state index is -0.367. The first-order chi connectivity index (χ1) is 4.64. The molecule has 0 aromatic heterocycles. The third-order valence-corrected chi connectivity index (χ3v) is 1.78. The Hall–Kier alpha value is 0.270. The van der Waals surface area contributed by atoms with Gasteiger partial charge in [-0.15, -0.1) is 0 Å². The molecule has 1 fully saturated rings. The molecule has 0 aromatic rings. The summed E-state index contributed by atoms with van der Waals surface area (Å²) in [6.45, 7) is 4.59. The molecule has 1 unspecified atom stereocenters. The van der Waals surface area contributed by atoms with Gasteiger partial charge in [0.15, 0.2) is 5.79 Å². The molecule has 10 heavy (non-hydrogen) atoms. The van der Waals surface area contributed by atoms with Crippen molar-refractivity contribution >= 4 is 12.6 Å². The Morgan fingerprint density at radius 3 is 2.70 bits per heavy atom. The molecule has 0 saturated carbocycles. The van der Waals surface area contributed by atoms with Gasteiger partial charge in [0.25, 0.3) is 0 Å². The van der Waals surface area contributed by atoms with E-state index in [0.29, 0.717) is 6.61 Å². The average Bonchev–Trinajstić information content (AvgIpc) is 2.12. The van der Waals surface area contributed by atoms with Crippen molar-refractivity contribution in [3.05, 3.63) is 0 Å². The van der Waals surface area contributed by atoms with Crippen LogP contribution in [0.5, 0.6) is 0 Å². The van der Waals surface area contributed by atoms with Gasteiger partial charge in [-0.2, -0.15) is 12.6 Å². The van der Waals surface area contributed by atoms with Crippen LogP contribution < -0.4 is 0 Å². The third kappa shape index (κ3) is 2.15. The maximum absolute atomic E-state index is 5.52. The first-order valence-corrected chi connectivity index (χ1v) is 4.20. The van der Waals surface area contributed by atoms with Gasteiger partial charge in [0.05, 0.1) is 12.7 Å². The Kier molecular flexibility index (Phi) is 2.61. The summed E-state index contributed by atoms with van der Waals surface area (Å²) in [5.41, 5.74) is 0. The van der Waals surface area contributed by atoms with E-state index in [1.165, 1.54) is 0 Å². The Morgan fingerprint density at radius 1 is 1.60 bits per heavy atom. The number of hydrogen-bond donors (Lipinski definition) is 1. The van der Waals surface area contributed by atoms with Crippen molar-refractivity contribution in [1.29, 1.82) is 0 Å². The first-order valence-electron chi connectivity index (χ1n) is 3.57. The van der Waals surface area contributed by atoms with Gasteiger partial charge in [-0.25, -0.2) is 0 Å². The summed E-state index contributed by atoms with van der Waals surface area (Å²) < 4.78 is 10.9. The molecule has 1 saturated heterocycles. The summed E-state index contributed by atoms with van der Waals surface area (Å²) in [5.74, 6) is 0.498. The van der Waals surface area contributed by atoms with Gasteiger partial charge >= 0.3 is 0 Å². The molecule has 0 amide bonds. The van der Waals surface area contributed by atoms with E-state index in [9.17, 15) is 0 Å². The van der Waals surface area contributed by atoms with Crippen molar-refractivity contribution in [2.24, 2.45) is 0 Å². The van der Waals surface area contributed by atoms with E-state index in [0.717, 1.165) is 12.2 Å². The minimum Gasteiger partial charge on any atom is -0.348 e. The molecule has 0 spiro atoms. The van der Waals surface area contributed by atoms with E-state index < -0.39 is 0 Å². The lowest BCUT2D eigenvalue weighted by Gasteiger charge is -2.16. The highest BCUT2D eigenvalue weighted by molar-refractivity contribution is 7.80. The Balaban J connectivity index is 2.29. The summed E-state index contributed by atoms with van der Waals surface area (Å²) in [4.78, 5) is 0. The summed E-state index contributed by atoms with van der Waals surface area (Å²) in [6, 6.07) is 0. The van der Waals surface area contributed by atoms with Crippen LogP contribution in [0.15, 0.2) is 0 Å². The monoisotopic (exact) mass is 162 g/mol. The van der Waals surface area contributed by atoms with Crippen molar-refractivity contribution in [3.8, 4) is 0 Å². The largest absolute Gasteiger partial charge is 0.348 e. The Labute approximate surface area is 67.3 Å². The number of thiol groups is 1. The van der Waals surface area contributed by atoms with E-state index in [1.807, 2.05) is 13.8 Å². The zero-order valence-corrected chi connectivity index (χ0v) is 7.36. The molecular weight excluding hydrogens is 148 g/mol. The molecular formula is C7H14O2S. The fourth-order valence-electron chi connectivity index (χ4n) is 1.05. The van der Waals surface area contributed by atoms with Crippen molar-refractivity contribution in [1.82, 2.24) is 0 Å². The SMILES string of the molecule is CC1(C)OCC(CCS)O1. The van der Waals surface area contributed by atoms with E-state index in [-0.39, 0.29) is 11.9 Å². The van der Waals surface area contributed by atoms with Gasteiger partial charge in [-0.1, -0.05) is 0 Å². The second-order valence-electron chi connectivity index (χ2n) is 2.96. The minimum absolute atomic E-state index is 0.257. The lowest BCUT2D eigenvalue weighted by atomic mass is 10.3. The van der Waals surface area contributed by atoms with Crippen molar-refractivity contribution in [3.63, 3.8) is 0 Å². The van der Waals surface area contributed by atoms with Crippen LogP contribution in [-0.4, -0.2) is 24.3 Å². The fourth-order valence-corrected chi connectivity index (χ4v) is 1.34. The maximum atomic E-state index is 5.52. The number of hydrogen-bond acceptors (Lipinski definition) is 3. The summed E-state index contributed by atoms with van der Waals surface area (Å²) in [7, 11) is 0. The fraction of sp³-hybridized carbons (Fsp3) is 1.00. The highest BCUT2D eigenvalue weighted by Crippen LogP contribution is 2.23. The predicted octanol–water partition coefficient (Wildman–Crippen LogP) is 1.46. The molecule has 1 atom stereocenters. The lowest BCUT2D eigenvalue weighted by Crippen LogP contribution is -2.21. The van der Waals surface area contributed by atoms with Gasteiger partial charge in [0.2, 0.25) is 0 Å². The smallest absolute Gasteiger partial charge is 0.163 e. The molecule has 60 valence electrons. The second kappa shape index (κ2) is 3.11. The molecule has 0 radical (unpaired) electrons. The first kappa shape index (κ1) is 8.37. The van der Waals surface area contributed by atoms with Crippen LogP contribution >= 0.6 is 12.6 Å². The van der Waals surface area contributed by atoms with E-state index in [2.05, 4.69) is 12.6 Å². The molecule has 1 aliphatic heterocycles. The van der Waals surface area contributed by atoms with Gasteiger partial charge in [-0.3, -0.25) is 0 Å². The molecule has 3 heteroatoms. The molecule has 0 aliphatic carbocycles. The normalized spacial score (nSPS) is 30.9. The quantitative estimate of drug-likeness (QED) is 0.620. The Morgan fingerprint density at radius 2 is 2.30 bits per heavy atom. The van der Waals surface area contributed by atoms with Gasteiger partial charge in [-0.05, 0) is 26.0 Å². The second-order valence-corrected chi connectivity index (χ2v) is 3.41. The van der Waals surface area contributed by atoms with Gasteiger partial charge in [0.1, 0.15) is 0 Å². The van der Waals surface area contributed by atoms with Crippen LogP contribution in [0.25, 0.3) is 0 Å². The van der Waals surface area contributed by atoms with Crippen LogP contribution in [0, 0.1) is 0 Å². The van der Waals surface area contributed by atoms with E-state index >= 15 is 0 Å². The zero-order chi connectivity index (χ0) is 7.61. The molecule has 0 N–H and O–H groups in total. The van der Waals surface area contributed by atoms with Crippen molar-refractivity contribution in [2.75, 3.05) is 12.4 Å². The van der Waals surface area contributed by atoms with Crippen LogP contribution in [0.1, 0.15) is 20.3 Å². The average molecular weight is 162 g/mol. The van der Waals surface area contributed by atoms with E-state index in [1.54, 1.807) is 0 Å². The Bertz CT molecular complexity index is 114. The molecule has 0 bridgehead atoms. The number of rotatable bonds is 2. The lowest BCUT2D eigenvalue weighted by molar-refractivity contribution is -0.138. The van der Waals surface area contributed by atoms with E-state index in [4.69, 9.17) is 9.47 Å². The molecule has 1 rings (SSSR count). The predicted molar refractivity (Wildman–Crippen MR) is 43.4 cm³/mol. The number of ether oxygens (including phenoxy) is 2. The molecule has 0 aromatic carbocycles. The molecule has 1 heterocycles.